The Morgan fingerprint density at radius 3 is 2.79 bits per heavy atom. The smallest absolute Gasteiger partial charge is 0.177 e. The van der Waals surface area contributed by atoms with Crippen LogP contribution < -0.4 is 4.74 Å². The van der Waals surface area contributed by atoms with Gasteiger partial charge in [0, 0.05) is 0 Å². The third kappa shape index (κ3) is 1.75. The molecule has 0 heterocycles. The fraction of sp³-hybridized carbons (Fsp3) is 0.300. The second-order valence-electron chi connectivity index (χ2n) is 2.87. The van der Waals surface area contributed by atoms with Gasteiger partial charge in [0.2, 0.25) is 0 Å². The van der Waals surface area contributed by atoms with Crippen molar-refractivity contribution < 1.29 is 9.84 Å². The van der Waals surface area contributed by atoms with Crippen molar-refractivity contribution in [1.82, 2.24) is 0 Å². The van der Waals surface area contributed by atoms with E-state index in [0.29, 0.717) is 11.3 Å². The Hall–Kier alpha value is -1.40. The highest BCUT2D eigenvalue weighted by Crippen LogP contribution is 2.38. The van der Waals surface area contributed by atoms with Crippen molar-refractivity contribution in [3.05, 3.63) is 22.2 Å². The fourth-order valence-corrected chi connectivity index (χ4v) is 1.54. The molecule has 4 heteroatoms. The van der Waals surface area contributed by atoms with E-state index < -0.39 is 0 Å². The van der Waals surface area contributed by atoms with Crippen LogP contribution in [0.15, 0.2) is 6.07 Å². The summed E-state index contributed by atoms with van der Waals surface area (Å²) in [5, 5.41) is 18.3. The summed E-state index contributed by atoms with van der Waals surface area (Å²) < 4.78 is 4.92. The van der Waals surface area contributed by atoms with Gasteiger partial charge in [0.25, 0.3) is 0 Å². The molecule has 14 heavy (non-hydrogen) atoms. The van der Waals surface area contributed by atoms with E-state index in [4.69, 9.17) is 21.6 Å². The number of benzene rings is 1. The van der Waals surface area contributed by atoms with Gasteiger partial charge < -0.3 is 9.84 Å². The lowest BCUT2D eigenvalue weighted by atomic mass is 10.1. The summed E-state index contributed by atoms with van der Waals surface area (Å²) in [5.41, 5.74) is 1.48. The van der Waals surface area contributed by atoms with Crippen molar-refractivity contribution in [1.29, 1.82) is 5.26 Å². The van der Waals surface area contributed by atoms with Crippen molar-refractivity contribution in [2.24, 2.45) is 0 Å². The van der Waals surface area contributed by atoms with E-state index in [1.807, 2.05) is 13.0 Å². The molecule has 0 amide bonds. The van der Waals surface area contributed by atoms with E-state index in [9.17, 15) is 5.11 Å². The maximum atomic E-state index is 9.56. The standard InChI is InChI=1S/C10H10ClNO2/c1-6-5-8(14-2)10(13)9(11)7(6)3-4-12/h5,13H,3H2,1-2H3. The molecule has 3 nitrogen and oxygen atoms in total. The van der Waals surface area contributed by atoms with Crippen LogP contribution in [0.25, 0.3) is 0 Å². The Morgan fingerprint density at radius 1 is 1.64 bits per heavy atom. The molecule has 0 saturated carbocycles. The number of phenols is 1. The number of halogens is 1. The van der Waals surface area contributed by atoms with E-state index in [1.54, 1.807) is 6.07 Å². The molecule has 1 N–H and O–H groups in total. The number of rotatable bonds is 2. The topological polar surface area (TPSA) is 53.2 Å². The van der Waals surface area contributed by atoms with Crippen LogP contribution in [0, 0.1) is 18.3 Å². The number of aromatic hydroxyl groups is 1. The molecule has 0 saturated heterocycles. The number of phenolic OH excluding ortho intramolecular Hbond substituents is 1. The maximum absolute atomic E-state index is 9.56. The minimum absolute atomic E-state index is 0.106. The lowest BCUT2D eigenvalue weighted by Gasteiger charge is -2.10. The van der Waals surface area contributed by atoms with Crippen LogP contribution in [0.3, 0.4) is 0 Å². The predicted octanol–water partition coefficient (Wildman–Crippen LogP) is 2.43. The Morgan fingerprint density at radius 2 is 2.29 bits per heavy atom. The van der Waals surface area contributed by atoms with E-state index in [0.717, 1.165) is 5.56 Å². The Bertz CT molecular complexity index is 396. The van der Waals surface area contributed by atoms with Crippen LogP contribution in [-0.2, 0) is 6.42 Å². The molecule has 0 aliphatic carbocycles. The first kappa shape index (κ1) is 10.7. The number of ether oxygens (including phenoxy) is 1. The van der Waals surface area contributed by atoms with Crippen LogP contribution in [0.1, 0.15) is 11.1 Å². The van der Waals surface area contributed by atoms with Crippen LogP contribution in [0.2, 0.25) is 5.02 Å². The van der Waals surface area contributed by atoms with Gasteiger partial charge >= 0.3 is 0 Å². The van der Waals surface area contributed by atoms with Gasteiger partial charge in [-0.15, -0.1) is 0 Å². The highest BCUT2D eigenvalue weighted by atomic mass is 35.5. The highest BCUT2D eigenvalue weighted by molar-refractivity contribution is 6.33. The van der Waals surface area contributed by atoms with Crippen molar-refractivity contribution in [2.45, 2.75) is 13.3 Å². The molecule has 0 fully saturated rings. The zero-order chi connectivity index (χ0) is 10.7. The fourth-order valence-electron chi connectivity index (χ4n) is 1.23. The molecule has 0 atom stereocenters. The number of nitrogens with zero attached hydrogens (tertiary/aromatic N) is 1. The number of aryl methyl sites for hydroxylation is 1. The highest BCUT2D eigenvalue weighted by Gasteiger charge is 2.13. The largest absolute Gasteiger partial charge is 0.503 e. The predicted molar refractivity (Wildman–Crippen MR) is 53.7 cm³/mol. The Labute approximate surface area is 87.5 Å². The average molecular weight is 212 g/mol. The van der Waals surface area contributed by atoms with Crippen LogP contribution in [0.5, 0.6) is 11.5 Å². The van der Waals surface area contributed by atoms with E-state index >= 15 is 0 Å². The van der Waals surface area contributed by atoms with Crippen molar-refractivity contribution >= 4 is 11.6 Å². The normalized spacial score (nSPS) is 9.57. The maximum Gasteiger partial charge on any atom is 0.177 e. The van der Waals surface area contributed by atoms with Gasteiger partial charge in [0.05, 0.1) is 24.6 Å². The molecule has 0 spiro atoms. The first-order valence-corrected chi connectivity index (χ1v) is 4.41. The quantitative estimate of drug-likeness (QED) is 0.818. The number of hydrogen-bond donors (Lipinski definition) is 1. The van der Waals surface area contributed by atoms with Gasteiger partial charge in [0.1, 0.15) is 0 Å². The number of hydrogen-bond acceptors (Lipinski definition) is 3. The summed E-state index contributed by atoms with van der Waals surface area (Å²) in [7, 11) is 1.45. The summed E-state index contributed by atoms with van der Waals surface area (Å²) in [6.45, 7) is 1.82. The number of nitriles is 1. The first-order valence-electron chi connectivity index (χ1n) is 4.03. The van der Waals surface area contributed by atoms with Crippen LogP contribution in [0.4, 0.5) is 0 Å². The van der Waals surface area contributed by atoms with Crippen LogP contribution >= 0.6 is 11.6 Å². The molecule has 0 unspecified atom stereocenters. The summed E-state index contributed by atoms with van der Waals surface area (Å²) in [6, 6.07) is 3.65. The van der Waals surface area contributed by atoms with Gasteiger partial charge in [-0.25, -0.2) is 0 Å². The van der Waals surface area contributed by atoms with Gasteiger partial charge in [0.15, 0.2) is 11.5 Å². The number of methoxy groups -OCH3 is 1. The van der Waals surface area contributed by atoms with E-state index in [2.05, 4.69) is 0 Å². The Balaban J connectivity index is 3.35. The molecule has 0 bridgehead atoms. The van der Waals surface area contributed by atoms with Crippen molar-refractivity contribution in [3.8, 4) is 17.6 Å². The molecular formula is C10H10ClNO2. The molecule has 1 aromatic carbocycles. The summed E-state index contributed by atoms with van der Waals surface area (Å²) in [6.07, 6.45) is 0.183. The van der Waals surface area contributed by atoms with E-state index in [-0.39, 0.29) is 17.2 Å². The van der Waals surface area contributed by atoms with Crippen LogP contribution in [-0.4, -0.2) is 12.2 Å². The second kappa shape index (κ2) is 4.21. The van der Waals surface area contributed by atoms with Gasteiger partial charge in [-0.05, 0) is 24.1 Å². The molecule has 74 valence electrons. The third-order valence-electron chi connectivity index (χ3n) is 2.01. The van der Waals surface area contributed by atoms with Crippen molar-refractivity contribution in [2.75, 3.05) is 7.11 Å². The minimum Gasteiger partial charge on any atom is -0.503 e. The Kier molecular flexibility index (Phi) is 3.21. The SMILES string of the molecule is COc1cc(C)c(CC#N)c(Cl)c1O. The second-order valence-corrected chi connectivity index (χ2v) is 3.25. The molecule has 1 rings (SSSR count). The lowest BCUT2D eigenvalue weighted by molar-refractivity contribution is 0.373. The van der Waals surface area contributed by atoms with E-state index in [1.165, 1.54) is 7.11 Å². The first-order chi connectivity index (χ1) is 6.61. The molecular weight excluding hydrogens is 202 g/mol. The monoisotopic (exact) mass is 211 g/mol. The zero-order valence-electron chi connectivity index (χ0n) is 7.97. The average Bonchev–Trinajstić information content (AvgIpc) is 2.18. The molecule has 0 aromatic heterocycles. The summed E-state index contributed by atoms with van der Waals surface area (Å²) >= 11 is 5.88. The molecule has 1 aromatic rings. The third-order valence-corrected chi connectivity index (χ3v) is 2.41. The molecule has 0 aliphatic rings. The van der Waals surface area contributed by atoms with Gasteiger partial charge in [-0.2, -0.15) is 5.26 Å². The van der Waals surface area contributed by atoms with Gasteiger partial charge in [-0.1, -0.05) is 11.6 Å². The van der Waals surface area contributed by atoms with Gasteiger partial charge in [-0.3, -0.25) is 0 Å². The summed E-state index contributed by atoms with van der Waals surface area (Å²) in [5.74, 6) is 0.221. The zero-order valence-corrected chi connectivity index (χ0v) is 8.72. The molecule has 0 aliphatic heterocycles. The lowest BCUT2D eigenvalue weighted by Crippen LogP contribution is -1.93. The summed E-state index contributed by atoms with van der Waals surface area (Å²) in [4.78, 5) is 0. The minimum atomic E-state index is -0.106. The van der Waals surface area contributed by atoms with Crippen molar-refractivity contribution in [3.63, 3.8) is 0 Å². The molecule has 0 radical (unpaired) electrons.